The second-order valence-corrected chi connectivity index (χ2v) is 6.69. The van der Waals surface area contributed by atoms with Crippen LogP contribution in [-0.2, 0) is 15.1 Å². The number of carbonyl (C=O) groups excluding carboxylic acids is 3. The molecule has 1 aliphatic rings. The Hall–Kier alpha value is -2.44. The number of nitrogens with zero attached hydrogens (tertiary/aromatic N) is 1. The van der Waals surface area contributed by atoms with Crippen molar-refractivity contribution in [2.75, 3.05) is 6.54 Å². The van der Waals surface area contributed by atoms with Crippen molar-refractivity contribution >= 4 is 17.8 Å². The van der Waals surface area contributed by atoms with E-state index >= 15 is 0 Å². The van der Waals surface area contributed by atoms with E-state index in [9.17, 15) is 18.8 Å². The smallest absolute Gasteiger partial charge is 0.325 e. The van der Waals surface area contributed by atoms with Crippen LogP contribution >= 0.6 is 0 Å². The lowest BCUT2D eigenvalue weighted by Gasteiger charge is -2.26. The number of benzene rings is 1. The first-order chi connectivity index (χ1) is 11.7. The predicted octanol–water partition coefficient (Wildman–Crippen LogP) is 2.14. The molecule has 2 N–H and O–H groups in total. The van der Waals surface area contributed by atoms with Crippen LogP contribution in [0.5, 0.6) is 0 Å². The van der Waals surface area contributed by atoms with Crippen LogP contribution in [0.4, 0.5) is 9.18 Å². The first kappa shape index (κ1) is 18.9. The summed E-state index contributed by atoms with van der Waals surface area (Å²) in [7, 11) is 0. The molecule has 2 atom stereocenters. The molecular formula is C18H24FN3O3. The first-order valence-electron chi connectivity index (χ1n) is 8.40. The quantitative estimate of drug-likeness (QED) is 0.773. The number of hydrogen-bond donors (Lipinski definition) is 2. The Bertz CT molecular complexity index is 675. The van der Waals surface area contributed by atoms with E-state index in [1.54, 1.807) is 6.92 Å². The molecule has 1 heterocycles. The lowest BCUT2D eigenvalue weighted by atomic mass is 9.87. The summed E-state index contributed by atoms with van der Waals surface area (Å²) in [6, 6.07) is 4.74. The van der Waals surface area contributed by atoms with Gasteiger partial charge in [0.15, 0.2) is 0 Å². The molecule has 7 heteroatoms. The van der Waals surface area contributed by atoms with Crippen LogP contribution in [0.15, 0.2) is 24.3 Å². The molecular weight excluding hydrogens is 325 g/mol. The van der Waals surface area contributed by atoms with Gasteiger partial charge in [0.2, 0.25) is 5.91 Å². The zero-order chi connectivity index (χ0) is 18.8. The summed E-state index contributed by atoms with van der Waals surface area (Å²) in [4.78, 5) is 38.2. The number of carbonyl (C=O) groups is 3. The zero-order valence-electron chi connectivity index (χ0n) is 14.9. The summed E-state index contributed by atoms with van der Waals surface area (Å²) in [5.41, 5.74) is -0.775. The maximum Gasteiger partial charge on any atom is 0.325 e. The fraction of sp³-hybridized carbons (Fsp3) is 0.500. The van der Waals surface area contributed by atoms with Gasteiger partial charge in [-0.3, -0.25) is 14.5 Å². The van der Waals surface area contributed by atoms with Gasteiger partial charge in [-0.05, 0) is 37.0 Å². The third kappa shape index (κ3) is 3.65. The normalized spacial score (nSPS) is 21.4. The van der Waals surface area contributed by atoms with Gasteiger partial charge in [0.25, 0.3) is 5.91 Å². The average molecular weight is 349 g/mol. The summed E-state index contributed by atoms with van der Waals surface area (Å²) in [6.07, 6.45) is 0.295. The van der Waals surface area contributed by atoms with E-state index < -0.39 is 29.2 Å². The van der Waals surface area contributed by atoms with Gasteiger partial charge in [0.1, 0.15) is 17.9 Å². The third-order valence-corrected chi connectivity index (χ3v) is 4.73. The molecule has 1 fully saturated rings. The standard InChI is InChI=1S/C18H24FN3O3/c1-5-18(13-6-8-14(19)9-7-13)16(24)22(17(25)21-18)10-15(23)20-12(4)11(2)3/h6-9,11-12H,5,10H2,1-4H3,(H,20,23)(H,21,25). The second-order valence-electron chi connectivity index (χ2n) is 6.69. The van der Waals surface area contributed by atoms with Crippen LogP contribution in [0.2, 0.25) is 0 Å². The molecule has 2 unspecified atom stereocenters. The molecule has 1 saturated heterocycles. The molecule has 0 bridgehead atoms. The molecule has 0 radical (unpaired) electrons. The largest absolute Gasteiger partial charge is 0.352 e. The van der Waals surface area contributed by atoms with E-state index in [0.29, 0.717) is 12.0 Å². The minimum atomic E-state index is -1.27. The highest BCUT2D eigenvalue weighted by Crippen LogP contribution is 2.32. The summed E-state index contributed by atoms with van der Waals surface area (Å²) in [5, 5.41) is 5.45. The first-order valence-corrected chi connectivity index (χ1v) is 8.40. The number of rotatable bonds is 6. The molecule has 6 nitrogen and oxygen atoms in total. The van der Waals surface area contributed by atoms with Crippen molar-refractivity contribution in [3.8, 4) is 0 Å². The van der Waals surface area contributed by atoms with Crippen molar-refractivity contribution < 1.29 is 18.8 Å². The Morgan fingerprint density at radius 1 is 1.24 bits per heavy atom. The van der Waals surface area contributed by atoms with Gasteiger partial charge in [-0.2, -0.15) is 0 Å². The van der Waals surface area contributed by atoms with Crippen LogP contribution in [0.1, 0.15) is 39.7 Å². The lowest BCUT2D eigenvalue weighted by molar-refractivity contribution is -0.135. The Morgan fingerprint density at radius 3 is 2.36 bits per heavy atom. The highest BCUT2D eigenvalue weighted by Gasteiger charge is 2.51. The summed E-state index contributed by atoms with van der Waals surface area (Å²) in [6.45, 7) is 7.21. The van der Waals surface area contributed by atoms with Crippen LogP contribution < -0.4 is 10.6 Å². The number of nitrogens with one attached hydrogen (secondary N) is 2. The monoisotopic (exact) mass is 349 g/mol. The summed E-state index contributed by atoms with van der Waals surface area (Å²) in [5.74, 6) is -1.08. The molecule has 1 aromatic carbocycles. The SMILES string of the molecule is CCC1(c2ccc(F)cc2)NC(=O)N(CC(=O)NC(C)C(C)C)C1=O. The number of amides is 4. The summed E-state index contributed by atoms with van der Waals surface area (Å²) >= 11 is 0. The van der Waals surface area contributed by atoms with Crippen molar-refractivity contribution in [2.24, 2.45) is 5.92 Å². The van der Waals surface area contributed by atoms with Crippen molar-refractivity contribution in [1.82, 2.24) is 15.5 Å². The molecule has 1 aromatic rings. The predicted molar refractivity (Wildman–Crippen MR) is 91.1 cm³/mol. The Balaban J connectivity index is 2.20. The van der Waals surface area contributed by atoms with Gasteiger partial charge in [-0.1, -0.05) is 32.9 Å². The van der Waals surface area contributed by atoms with E-state index in [2.05, 4.69) is 10.6 Å². The maximum atomic E-state index is 13.2. The van der Waals surface area contributed by atoms with E-state index in [0.717, 1.165) is 4.90 Å². The number of imide groups is 1. The van der Waals surface area contributed by atoms with Crippen LogP contribution in [-0.4, -0.2) is 35.3 Å². The molecule has 1 aliphatic heterocycles. The topological polar surface area (TPSA) is 78.5 Å². The molecule has 0 spiro atoms. The lowest BCUT2D eigenvalue weighted by Crippen LogP contribution is -2.46. The molecule has 136 valence electrons. The number of urea groups is 1. The minimum Gasteiger partial charge on any atom is -0.352 e. The van der Waals surface area contributed by atoms with Gasteiger partial charge in [-0.15, -0.1) is 0 Å². The van der Waals surface area contributed by atoms with Crippen molar-refractivity contribution in [1.29, 1.82) is 0 Å². The van der Waals surface area contributed by atoms with Gasteiger partial charge >= 0.3 is 6.03 Å². The van der Waals surface area contributed by atoms with Crippen LogP contribution in [0.25, 0.3) is 0 Å². The van der Waals surface area contributed by atoms with Gasteiger partial charge in [-0.25, -0.2) is 9.18 Å². The second kappa shape index (κ2) is 7.21. The van der Waals surface area contributed by atoms with E-state index in [1.807, 2.05) is 20.8 Å². The molecule has 4 amide bonds. The highest BCUT2D eigenvalue weighted by molar-refractivity contribution is 6.09. The van der Waals surface area contributed by atoms with Crippen molar-refractivity contribution in [3.05, 3.63) is 35.6 Å². The fourth-order valence-electron chi connectivity index (χ4n) is 2.75. The van der Waals surface area contributed by atoms with E-state index in [1.165, 1.54) is 24.3 Å². The van der Waals surface area contributed by atoms with Gasteiger partial charge in [0, 0.05) is 6.04 Å². The number of hydrogen-bond acceptors (Lipinski definition) is 3. The van der Waals surface area contributed by atoms with Crippen LogP contribution in [0.3, 0.4) is 0 Å². The molecule has 0 saturated carbocycles. The van der Waals surface area contributed by atoms with E-state index in [4.69, 9.17) is 0 Å². The Morgan fingerprint density at radius 2 is 1.84 bits per heavy atom. The fourth-order valence-corrected chi connectivity index (χ4v) is 2.75. The zero-order valence-corrected chi connectivity index (χ0v) is 14.9. The van der Waals surface area contributed by atoms with Gasteiger partial charge in [0.05, 0.1) is 0 Å². The number of halogens is 1. The molecule has 0 aromatic heterocycles. The third-order valence-electron chi connectivity index (χ3n) is 4.73. The van der Waals surface area contributed by atoms with Gasteiger partial charge < -0.3 is 10.6 Å². The highest BCUT2D eigenvalue weighted by atomic mass is 19.1. The molecule has 2 rings (SSSR count). The average Bonchev–Trinajstić information content (AvgIpc) is 2.80. The van der Waals surface area contributed by atoms with Crippen molar-refractivity contribution in [3.63, 3.8) is 0 Å². The maximum absolute atomic E-state index is 13.2. The minimum absolute atomic E-state index is 0.0682. The Kier molecular flexibility index (Phi) is 5.45. The summed E-state index contributed by atoms with van der Waals surface area (Å²) < 4.78 is 13.2. The molecule has 0 aliphatic carbocycles. The van der Waals surface area contributed by atoms with Crippen molar-refractivity contribution in [2.45, 2.75) is 45.7 Å². The molecule has 25 heavy (non-hydrogen) atoms. The van der Waals surface area contributed by atoms with Crippen LogP contribution in [0, 0.1) is 11.7 Å². The van der Waals surface area contributed by atoms with E-state index in [-0.39, 0.29) is 18.5 Å². The Labute approximate surface area is 146 Å².